The number of carbonyl (C=O) groups excluding carboxylic acids is 3. The fourth-order valence-electron chi connectivity index (χ4n) is 3.46. The highest BCUT2D eigenvalue weighted by molar-refractivity contribution is 8.00. The largest absolute Gasteiger partial charge is 0.480 e. The van der Waals surface area contributed by atoms with E-state index in [-0.39, 0.29) is 37.5 Å². The van der Waals surface area contributed by atoms with Gasteiger partial charge in [-0.05, 0) is 18.9 Å². The number of thioether (sulfide) groups is 1. The molecule has 0 bridgehead atoms. The smallest absolute Gasteiger partial charge is 0.322 e. The van der Waals surface area contributed by atoms with Crippen molar-refractivity contribution in [2.45, 2.75) is 55.8 Å². The zero-order chi connectivity index (χ0) is 26.2. The lowest BCUT2D eigenvalue weighted by atomic mass is 10.1. The van der Waals surface area contributed by atoms with Gasteiger partial charge in [-0.2, -0.15) is 0 Å². The summed E-state index contributed by atoms with van der Waals surface area (Å²) < 4.78 is 0. The van der Waals surface area contributed by atoms with Crippen LogP contribution in [0.5, 0.6) is 0 Å². The van der Waals surface area contributed by atoms with Gasteiger partial charge in [-0.15, -0.1) is 11.8 Å². The van der Waals surface area contributed by atoms with Gasteiger partial charge >= 0.3 is 11.9 Å². The molecule has 0 saturated carbocycles. The van der Waals surface area contributed by atoms with Gasteiger partial charge in [-0.25, -0.2) is 0 Å². The number of aliphatic carboxylic acids is 2. The van der Waals surface area contributed by atoms with E-state index in [9.17, 15) is 29.1 Å². The van der Waals surface area contributed by atoms with Crippen LogP contribution >= 0.6 is 11.8 Å². The van der Waals surface area contributed by atoms with Gasteiger partial charge in [0.15, 0.2) is 0 Å². The fraction of sp³-hybridized carbons (Fsp3) is 0.500. The second-order valence-electron chi connectivity index (χ2n) is 8.37. The van der Waals surface area contributed by atoms with E-state index in [0.29, 0.717) is 0 Å². The van der Waals surface area contributed by atoms with E-state index >= 15 is 0 Å². The quantitative estimate of drug-likeness (QED) is 0.193. The van der Waals surface area contributed by atoms with Gasteiger partial charge < -0.3 is 36.6 Å². The molecule has 1 heterocycles. The van der Waals surface area contributed by atoms with Crippen molar-refractivity contribution in [1.82, 2.24) is 15.5 Å². The molecule has 2 rings (SSSR count). The number of nitrogens with zero attached hydrogens (tertiary/aromatic N) is 1. The molecular formula is C22H30N4O8S. The number of carboxylic acids is 2. The SMILES string of the molecule is CC1(O)CC(SC[C@H](NC(=O)CC[C@H](N)C(=O)O)C(=O)NCC(=O)O)C(=O)N1Cc1ccccc1. The number of benzene rings is 1. The highest BCUT2D eigenvalue weighted by Crippen LogP contribution is 2.36. The molecule has 35 heavy (non-hydrogen) atoms. The monoisotopic (exact) mass is 510 g/mol. The molecule has 1 aliphatic rings. The maximum Gasteiger partial charge on any atom is 0.322 e. The highest BCUT2D eigenvalue weighted by Gasteiger charge is 2.47. The Hall–Kier alpha value is -3.16. The van der Waals surface area contributed by atoms with Gasteiger partial charge in [0, 0.05) is 25.1 Å². The number of aliphatic hydroxyl groups is 1. The van der Waals surface area contributed by atoms with Crippen LogP contribution in [0.2, 0.25) is 0 Å². The minimum Gasteiger partial charge on any atom is -0.480 e. The summed E-state index contributed by atoms with van der Waals surface area (Å²) in [7, 11) is 0. The summed E-state index contributed by atoms with van der Waals surface area (Å²) in [4.78, 5) is 60.7. The second-order valence-corrected chi connectivity index (χ2v) is 9.60. The van der Waals surface area contributed by atoms with Gasteiger partial charge in [0.05, 0.1) is 5.25 Å². The Balaban J connectivity index is 2.03. The molecule has 4 atom stereocenters. The average molecular weight is 511 g/mol. The van der Waals surface area contributed by atoms with E-state index in [0.717, 1.165) is 17.3 Å². The molecule has 0 aromatic heterocycles. The minimum absolute atomic E-state index is 0.0756. The van der Waals surface area contributed by atoms with Crippen LogP contribution in [0.25, 0.3) is 0 Å². The first-order chi connectivity index (χ1) is 16.4. The van der Waals surface area contributed by atoms with Crippen molar-refractivity contribution < 1.29 is 39.3 Å². The van der Waals surface area contributed by atoms with Crippen LogP contribution in [0.4, 0.5) is 0 Å². The maximum absolute atomic E-state index is 13.0. The second kappa shape index (κ2) is 12.5. The molecule has 1 saturated heterocycles. The Morgan fingerprint density at radius 3 is 2.49 bits per heavy atom. The predicted octanol–water partition coefficient (Wildman–Crippen LogP) is -0.893. The van der Waals surface area contributed by atoms with Crippen LogP contribution in [-0.4, -0.2) is 85.2 Å². The van der Waals surface area contributed by atoms with Crippen molar-refractivity contribution in [2.24, 2.45) is 5.73 Å². The minimum atomic E-state index is -1.41. The topological polar surface area (TPSA) is 199 Å². The molecule has 1 aliphatic heterocycles. The predicted molar refractivity (Wildman–Crippen MR) is 126 cm³/mol. The normalized spacial score (nSPS) is 21.3. The van der Waals surface area contributed by atoms with E-state index in [4.69, 9.17) is 15.9 Å². The molecule has 192 valence electrons. The molecule has 1 aromatic rings. The van der Waals surface area contributed by atoms with Crippen LogP contribution in [0.1, 0.15) is 31.7 Å². The molecule has 1 aromatic carbocycles. The Labute approximate surface area is 206 Å². The molecule has 13 heteroatoms. The number of nitrogens with one attached hydrogen (secondary N) is 2. The summed E-state index contributed by atoms with van der Waals surface area (Å²) in [5.41, 5.74) is 4.82. The van der Waals surface area contributed by atoms with Crippen molar-refractivity contribution in [2.75, 3.05) is 12.3 Å². The molecule has 7 N–H and O–H groups in total. The van der Waals surface area contributed by atoms with Gasteiger partial charge in [0.1, 0.15) is 24.4 Å². The Morgan fingerprint density at radius 2 is 1.89 bits per heavy atom. The summed E-state index contributed by atoms with van der Waals surface area (Å²) in [6.45, 7) is 1.06. The Kier molecular flexibility index (Phi) is 10.0. The van der Waals surface area contributed by atoms with Crippen molar-refractivity contribution in [3.8, 4) is 0 Å². The third-order valence-electron chi connectivity index (χ3n) is 5.41. The summed E-state index contributed by atoms with van der Waals surface area (Å²) in [5, 5.41) is 32.4. The van der Waals surface area contributed by atoms with Crippen molar-refractivity contribution in [1.29, 1.82) is 0 Å². The third kappa shape index (κ3) is 8.53. The fourth-order valence-corrected chi connectivity index (χ4v) is 4.83. The van der Waals surface area contributed by atoms with Crippen LogP contribution in [0.3, 0.4) is 0 Å². The summed E-state index contributed by atoms with van der Waals surface area (Å²) in [6, 6.07) is 6.71. The number of nitrogens with two attached hydrogens (primary N) is 1. The highest BCUT2D eigenvalue weighted by atomic mass is 32.2. The molecular weight excluding hydrogens is 480 g/mol. The first kappa shape index (κ1) is 28.1. The standard InChI is InChI=1S/C22H30N4O8S/c1-22(34)9-16(20(31)26(22)11-13-5-3-2-4-6-13)35-12-15(19(30)24-10-18(28)29)25-17(27)8-7-14(23)21(32)33/h2-6,14-16,34H,7-12,23H2,1H3,(H,24,30)(H,25,27)(H,28,29)(H,32,33)/t14-,15-,16?,22?/m0/s1. The lowest BCUT2D eigenvalue weighted by Crippen LogP contribution is -2.50. The van der Waals surface area contributed by atoms with E-state index in [1.54, 1.807) is 0 Å². The van der Waals surface area contributed by atoms with Gasteiger partial charge in [0.2, 0.25) is 17.7 Å². The molecule has 2 unspecified atom stereocenters. The number of rotatable bonds is 13. The molecule has 0 spiro atoms. The Bertz CT molecular complexity index is 943. The van der Waals surface area contributed by atoms with Crippen LogP contribution in [0.15, 0.2) is 30.3 Å². The zero-order valence-corrected chi connectivity index (χ0v) is 20.0. The summed E-state index contributed by atoms with van der Waals surface area (Å²) in [6.07, 6.45) is -0.326. The zero-order valence-electron chi connectivity index (χ0n) is 19.2. The van der Waals surface area contributed by atoms with Gasteiger partial charge in [-0.3, -0.25) is 24.0 Å². The van der Waals surface area contributed by atoms with E-state index in [1.807, 2.05) is 30.3 Å². The van der Waals surface area contributed by atoms with Crippen LogP contribution < -0.4 is 16.4 Å². The number of amides is 3. The lowest BCUT2D eigenvalue weighted by Gasteiger charge is -2.29. The van der Waals surface area contributed by atoms with E-state index < -0.39 is 53.4 Å². The first-order valence-electron chi connectivity index (χ1n) is 10.9. The molecule has 1 fully saturated rings. The summed E-state index contributed by atoms with van der Waals surface area (Å²) >= 11 is 1.06. The van der Waals surface area contributed by atoms with Gasteiger partial charge in [0.25, 0.3) is 0 Å². The maximum atomic E-state index is 13.0. The third-order valence-corrected chi connectivity index (χ3v) is 6.70. The van der Waals surface area contributed by atoms with Crippen molar-refractivity contribution >= 4 is 41.4 Å². The van der Waals surface area contributed by atoms with Crippen molar-refractivity contribution in [3.05, 3.63) is 35.9 Å². The molecule has 3 amide bonds. The number of hydrogen-bond acceptors (Lipinski definition) is 8. The van der Waals surface area contributed by atoms with Crippen LogP contribution in [0, 0.1) is 0 Å². The van der Waals surface area contributed by atoms with E-state index in [2.05, 4.69) is 10.6 Å². The lowest BCUT2D eigenvalue weighted by molar-refractivity contribution is -0.144. The Morgan fingerprint density at radius 1 is 1.23 bits per heavy atom. The molecule has 0 radical (unpaired) electrons. The van der Waals surface area contributed by atoms with Gasteiger partial charge in [-0.1, -0.05) is 30.3 Å². The molecule has 0 aliphatic carbocycles. The number of carbonyl (C=O) groups is 5. The number of likely N-dealkylation sites (tertiary alicyclic amines) is 1. The molecule has 12 nitrogen and oxygen atoms in total. The van der Waals surface area contributed by atoms with Crippen molar-refractivity contribution in [3.63, 3.8) is 0 Å². The van der Waals surface area contributed by atoms with E-state index in [1.165, 1.54) is 11.8 Å². The first-order valence-corrected chi connectivity index (χ1v) is 11.9. The summed E-state index contributed by atoms with van der Waals surface area (Å²) in [5.74, 6) is -4.36. The van der Waals surface area contributed by atoms with Crippen LogP contribution in [-0.2, 0) is 30.5 Å². The number of hydrogen-bond donors (Lipinski definition) is 6. The number of carboxylic acid groups (broad SMARTS) is 2. The average Bonchev–Trinajstić information content (AvgIpc) is 3.01.